The SMILES string of the molecule is NC[C@@H]1C[C@@]1(C(=O)N1CCCc2ccccc21)c1cccs1. The van der Waals surface area contributed by atoms with Gasteiger partial charge in [0.2, 0.25) is 5.91 Å². The van der Waals surface area contributed by atoms with E-state index in [1.807, 2.05) is 17.0 Å². The molecule has 1 saturated carbocycles. The number of anilines is 1. The van der Waals surface area contributed by atoms with Crippen molar-refractivity contribution in [1.29, 1.82) is 0 Å². The lowest BCUT2D eigenvalue weighted by Gasteiger charge is -2.32. The Kier molecular flexibility index (Phi) is 3.31. The van der Waals surface area contributed by atoms with Gasteiger partial charge in [0.1, 0.15) is 0 Å². The smallest absolute Gasteiger partial charge is 0.238 e. The highest BCUT2D eigenvalue weighted by molar-refractivity contribution is 7.10. The number of para-hydroxylation sites is 1. The van der Waals surface area contributed by atoms with Crippen molar-refractivity contribution in [3.63, 3.8) is 0 Å². The molecule has 0 spiro atoms. The number of nitrogens with zero attached hydrogens (tertiary/aromatic N) is 1. The second kappa shape index (κ2) is 5.21. The summed E-state index contributed by atoms with van der Waals surface area (Å²) in [5, 5.41) is 2.06. The lowest BCUT2D eigenvalue weighted by Crippen LogP contribution is -2.43. The van der Waals surface area contributed by atoms with Gasteiger partial charge in [0.25, 0.3) is 0 Å². The van der Waals surface area contributed by atoms with Gasteiger partial charge < -0.3 is 10.6 Å². The highest BCUT2D eigenvalue weighted by Crippen LogP contribution is 2.56. The van der Waals surface area contributed by atoms with Crippen LogP contribution in [-0.4, -0.2) is 19.0 Å². The average molecular weight is 312 g/mol. The summed E-state index contributed by atoms with van der Waals surface area (Å²) in [5.41, 5.74) is 7.92. The van der Waals surface area contributed by atoms with Gasteiger partial charge in [0.05, 0.1) is 5.41 Å². The largest absolute Gasteiger partial charge is 0.330 e. The number of thiophene rings is 1. The normalized spacial score (nSPS) is 26.6. The molecule has 4 heteroatoms. The Bertz CT molecular complexity index is 697. The number of aryl methyl sites for hydroxylation is 1. The second-order valence-electron chi connectivity index (χ2n) is 6.27. The quantitative estimate of drug-likeness (QED) is 0.947. The molecule has 2 atom stereocenters. The first-order valence-electron chi connectivity index (χ1n) is 7.91. The van der Waals surface area contributed by atoms with Gasteiger partial charge in [-0.05, 0) is 54.8 Å². The van der Waals surface area contributed by atoms with Gasteiger partial charge in [0, 0.05) is 17.1 Å². The van der Waals surface area contributed by atoms with Crippen LogP contribution in [0.1, 0.15) is 23.3 Å². The number of fused-ring (bicyclic) bond motifs is 1. The number of amides is 1. The van der Waals surface area contributed by atoms with E-state index in [0.717, 1.165) is 31.5 Å². The first-order chi connectivity index (χ1) is 10.8. The molecule has 1 aromatic carbocycles. The highest BCUT2D eigenvalue weighted by atomic mass is 32.1. The minimum Gasteiger partial charge on any atom is -0.330 e. The van der Waals surface area contributed by atoms with Crippen LogP contribution in [0.3, 0.4) is 0 Å². The Morgan fingerprint density at radius 1 is 1.32 bits per heavy atom. The molecular weight excluding hydrogens is 292 g/mol. The minimum absolute atomic E-state index is 0.248. The lowest BCUT2D eigenvalue weighted by atomic mass is 9.95. The molecule has 0 bridgehead atoms. The van der Waals surface area contributed by atoms with Crippen LogP contribution in [0, 0.1) is 5.92 Å². The van der Waals surface area contributed by atoms with Crippen LogP contribution in [0.25, 0.3) is 0 Å². The fraction of sp³-hybridized carbons (Fsp3) is 0.389. The van der Waals surface area contributed by atoms with E-state index in [2.05, 4.69) is 29.6 Å². The van der Waals surface area contributed by atoms with E-state index < -0.39 is 0 Å². The number of carbonyl (C=O) groups excluding carboxylic acids is 1. The topological polar surface area (TPSA) is 46.3 Å². The Balaban J connectivity index is 1.73. The van der Waals surface area contributed by atoms with Crippen LogP contribution in [0.2, 0.25) is 0 Å². The van der Waals surface area contributed by atoms with Crippen molar-refractivity contribution in [3.05, 3.63) is 52.2 Å². The predicted molar refractivity (Wildman–Crippen MR) is 90.3 cm³/mol. The molecule has 1 aliphatic carbocycles. The van der Waals surface area contributed by atoms with Crippen molar-refractivity contribution < 1.29 is 4.79 Å². The second-order valence-corrected chi connectivity index (χ2v) is 7.22. The number of benzene rings is 1. The first kappa shape index (κ1) is 14.0. The molecule has 0 radical (unpaired) electrons. The number of carbonyl (C=O) groups is 1. The summed E-state index contributed by atoms with van der Waals surface area (Å²) in [5.74, 6) is 0.533. The van der Waals surface area contributed by atoms with Gasteiger partial charge in [-0.15, -0.1) is 11.3 Å². The van der Waals surface area contributed by atoms with E-state index in [4.69, 9.17) is 5.73 Å². The molecule has 3 nitrogen and oxygen atoms in total. The number of hydrogen-bond donors (Lipinski definition) is 1. The maximum atomic E-state index is 13.4. The van der Waals surface area contributed by atoms with E-state index in [-0.39, 0.29) is 17.2 Å². The number of nitrogens with two attached hydrogens (primary N) is 1. The van der Waals surface area contributed by atoms with Crippen LogP contribution in [0.4, 0.5) is 5.69 Å². The zero-order valence-corrected chi connectivity index (χ0v) is 13.3. The van der Waals surface area contributed by atoms with Gasteiger partial charge in [-0.3, -0.25) is 4.79 Å². The van der Waals surface area contributed by atoms with Crippen molar-refractivity contribution in [2.75, 3.05) is 18.0 Å². The summed E-state index contributed by atoms with van der Waals surface area (Å²) in [4.78, 5) is 16.6. The van der Waals surface area contributed by atoms with Crippen LogP contribution in [-0.2, 0) is 16.6 Å². The van der Waals surface area contributed by atoms with Crippen molar-refractivity contribution in [1.82, 2.24) is 0 Å². The Morgan fingerprint density at radius 2 is 2.18 bits per heavy atom. The van der Waals surface area contributed by atoms with Gasteiger partial charge >= 0.3 is 0 Å². The molecule has 1 fully saturated rings. The molecule has 2 heterocycles. The number of hydrogen-bond acceptors (Lipinski definition) is 3. The molecule has 0 unspecified atom stereocenters. The zero-order chi connectivity index (χ0) is 15.2. The van der Waals surface area contributed by atoms with Crippen LogP contribution in [0.5, 0.6) is 0 Å². The molecule has 2 N–H and O–H groups in total. The lowest BCUT2D eigenvalue weighted by molar-refractivity contribution is -0.121. The number of rotatable bonds is 3. The van der Waals surface area contributed by atoms with Gasteiger partial charge in [-0.1, -0.05) is 24.3 Å². The van der Waals surface area contributed by atoms with Crippen molar-refractivity contribution in [3.8, 4) is 0 Å². The van der Waals surface area contributed by atoms with Gasteiger partial charge in [0.15, 0.2) is 0 Å². The van der Waals surface area contributed by atoms with Gasteiger partial charge in [-0.25, -0.2) is 0 Å². The Hall–Kier alpha value is -1.65. The van der Waals surface area contributed by atoms with Crippen molar-refractivity contribution in [2.24, 2.45) is 11.7 Å². The maximum absolute atomic E-state index is 13.4. The van der Waals surface area contributed by atoms with Gasteiger partial charge in [-0.2, -0.15) is 0 Å². The monoisotopic (exact) mass is 312 g/mol. The van der Waals surface area contributed by atoms with Crippen molar-refractivity contribution in [2.45, 2.75) is 24.7 Å². The summed E-state index contributed by atoms with van der Waals surface area (Å²) in [7, 11) is 0. The average Bonchev–Trinajstić information content (AvgIpc) is 3.06. The molecular formula is C18H20N2OS. The highest BCUT2D eigenvalue weighted by Gasteiger charge is 2.62. The summed E-state index contributed by atoms with van der Waals surface area (Å²) >= 11 is 1.68. The fourth-order valence-electron chi connectivity index (χ4n) is 3.80. The molecule has 0 saturated heterocycles. The molecule has 2 aromatic rings. The van der Waals surface area contributed by atoms with Crippen molar-refractivity contribution >= 4 is 22.9 Å². The third-order valence-electron chi connectivity index (χ3n) is 5.09. The van der Waals surface area contributed by atoms with Crippen LogP contribution < -0.4 is 10.6 Å². The van der Waals surface area contributed by atoms with E-state index in [1.165, 1.54) is 10.4 Å². The van der Waals surface area contributed by atoms with E-state index in [1.54, 1.807) is 11.3 Å². The standard InChI is InChI=1S/C18H20N2OS/c19-12-14-11-18(14,16-8-4-10-22-16)17(21)20-9-3-6-13-5-1-2-7-15(13)20/h1-2,4-5,7-8,10,14H,3,6,9,11-12,19H2/t14-,18-/m0/s1. The molecule has 4 rings (SSSR count). The fourth-order valence-corrected chi connectivity index (χ4v) is 4.81. The summed E-state index contributed by atoms with van der Waals surface area (Å²) in [6.45, 7) is 1.40. The first-order valence-corrected chi connectivity index (χ1v) is 8.79. The molecule has 2 aliphatic rings. The third-order valence-corrected chi connectivity index (χ3v) is 6.14. The Morgan fingerprint density at radius 3 is 2.91 bits per heavy atom. The minimum atomic E-state index is -0.368. The molecule has 114 valence electrons. The molecule has 1 amide bonds. The summed E-state index contributed by atoms with van der Waals surface area (Å²) in [6.07, 6.45) is 2.99. The predicted octanol–water partition coefficient (Wildman–Crippen LogP) is 2.94. The summed E-state index contributed by atoms with van der Waals surface area (Å²) in [6, 6.07) is 12.4. The molecule has 1 aromatic heterocycles. The molecule has 22 heavy (non-hydrogen) atoms. The maximum Gasteiger partial charge on any atom is 0.238 e. The molecule has 1 aliphatic heterocycles. The Labute approximate surface area is 134 Å². The van der Waals surface area contributed by atoms with E-state index in [9.17, 15) is 4.79 Å². The summed E-state index contributed by atoms with van der Waals surface area (Å²) < 4.78 is 0. The third kappa shape index (κ3) is 1.94. The van der Waals surface area contributed by atoms with Crippen LogP contribution >= 0.6 is 11.3 Å². The zero-order valence-electron chi connectivity index (χ0n) is 12.5. The van der Waals surface area contributed by atoms with Crippen LogP contribution in [0.15, 0.2) is 41.8 Å². The van der Waals surface area contributed by atoms with E-state index >= 15 is 0 Å². The van der Waals surface area contributed by atoms with E-state index in [0.29, 0.717) is 6.54 Å².